The predicted molar refractivity (Wildman–Crippen MR) is 126 cm³/mol. The van der Waals surface area contributed by atoms with Crippen LogP contribution in [-0.2, 0) is 4.79 Å². The third kappa shape index (κ3) is 4.57. The van der Waals surface area contributed by atoms with E-state index in [-0.39, 0.29) is 11.6 Å². The van der Waals surface area contributed by atoms with Crippen molar-refractivity contribution in [3.8, 4) is 0 Å². The summed E-state index contributed by atoms with van der Waals surface area (Å²) >= 11 is 1.28. The highest BCUT2D eigenvalue weighted by atomic mass is 32.2. The van der Waals surface area contributed by atoms with Crippen molar-refractivity contribution in [1.82, 2.24) is 0 Å². The molecule has 0 bridgehead atoms. The van der Waals surface area contributed by atoms with E-state index in [2.05, 4.69) is 0 Å². The first kappa shape index (κ1) is 20.6. The molecule has 0 saturated carbocycles. The lowest BCUT2D eigenvalue weighted by Crippen LogP contribution is -2.28. The minimum atomic E-state index is -0.447. The second kappa shape index (κ2) is 8.57. The molecule has 1 amide bonds. The molecule has 154 valence electrons. The number of thioether (sulfide) groups is 1. The lowest BCUT2D eigenvalue weighted by molar-refractivity contribution is -0.384. The Hall–Kier alpha value is -3.71. The number of nitrogens with zero attached hydrogens (tertiary/aromatic N) is 3. The molecule has 7 heteroatoms. The zero-order valence-electron chi connectivity index (χ0n) is 17.0. The number of aryl methyl sites for hydroxylation is 2. The van der Waals surface area contributed by atoms with Gasteiger partial charge in [0.2, 0.25) is 0 Å². The van der Waals surface area contributed by atoms with Gasteiger partial charge in [0, 0.05) is 12.1 Å². The van der Waals surface area contributed by atoms with E-state index in [1.54, 1.807) is 23.1 Å². The summed E-state index contributed by atoms with van der Waals surface area (Å²) in [6.07, 6.45) is 1.73. The molecule has 3 aromatic carbocycles. The first-order chi connectivity index (χ1) is 14.9. The van der Waals surface area contributed by atoms with E-state index in [0.29, 0.717) is 15.6 Å². The molecule has 6 nitrogen and oxygen atoms in total. The van der Waals surface area contributed by atoms with Crippen LogP contribution in [0.3, 0.4) is 0 Å². The summed E-state index contributed by atoms with van der Waals surface area (Å²) in [5.74, 6) is -0.182. The van der Waals surface area contributed by atoms with E-state index in [1.807, 2.05) is 62.4 Å². The van der Waals surface area contributed by atoms with Gasteiger partial charge in [-0.15, -0.1) is 0 Å². The number of aliphatic imine (C=N–C) groups is 1. The Morgan fingerprint density at radius 1 is 0.903 bits per heavy atom. The number of benzene rings is 3. The Morgan fingerprint density at radius 3 is 2.06 bits per heavy atom. The Bertz CT molecular complexity index is 1200. The predicted octanol–water partition coefficient (Wildman–Crippen LogP) is 6.02. The monoisotopic (exact) mass is 429 g/mol. The number of nitro groups is 1. The van der Waals surface area contributed by atoms with Crippen molar-refractivity contribution in [3.63, 3.8) is 0 Å². The summed E-state index contributed by atoms with van der Waals surface area (Å²) in [6.45, 7) is 4.00. The summed E-state index contributed by atoms with van der Waals surface area (Å²) in [7, 11) is 0. The van der Waals surface area contributed by atoms with Crippen LogP contribution >= 0.6 is 11.8 Å². The van der Waals surface area contributed by atoms with Gasteiger partial charge in [-0.05, 0) is 73.6 Å². The number of carbonyl (C=O) groups excluding carboxylic acids is 1. The highest BCUT2D eigenvalue weighted by Gasteiger charge is 2.34. The van der Waals surface area contributed by atoms with Gasteiger partial charge in [0.15, 0.2) is 5.17 Å². The van der Waals surface area contributed by atoms with Crippen molar-refractivity contribution < 1.29 is 9.72 Å². The van der Waals surface area contributed by atoms with E-state index in [0.717, 1.165) is 22.5 Å². The maximum atomic E-state index is 13.3. The summed E-state index contributed by atoms with van der Waals surface area (Å²) in [5.41, 5.74) is 4.45. The quantitative estimate of drug-likeness (QED) is 0.289. The summed E-state index contributed by atoms with van der Waals surface area (Å²) in [4.78, 5) is 30.5. The van der Waals surface area contributed by atoms with Crippen molar-refractivity contribution in [3.05, 3.63) is 105 Å². The van der Waals surface area contributed by atoms with Crippen LogP contribution in [-0.4, -0.2) is 16.0 Å². The molecule has 31 heavy (non-hydrogen) atoms. The number of rotatable bonds is 4. The lowest BCUT2D eigenvalue weighted by atomic mass is 10.2. The molecule has 0 spiro atoms. The number of nitro benzene ring substituents is 1. The van der Waals surface area contributed by atoms with Crippen LogP contribution in [0.5, 0.6) is 0 Å². The number of hydrogen-bond acceptors (Lipinski definition) is 5. The zero-order valence-corrected chi connectivity index (χ0v) is 17.8. The molecule has 3 aromatic rings. The summed E-state index contributed by atoms with van der Waals surface area (Å²) in [5, 5.41) is 11.4. The molecular weight excluding hydrogens is 410 g/mol. The number of non-ortho nitro benzene ring substituents is 1. The smallest absolute Gasteiger partial charge is 0.268 e. The number of carbonyl (C=O) groups is 1. The number of amides is 1. The fraction of sp³-hybridized carbons (Fsp3) is 0.0833. The topological polar surface area (TPSA) is 75.8 Å². The molecular formula is C24H19N3O3S. The third-order valence-electron chi connectivity index (χ3n) is 4.76. The van der Waals surface area contributed by atoms with Gasteiger partial charge in [-0.3, -0.25) is 19.8 Å². The van der Waals surface area contributed by atoms with Gasteiger partial charge < -0.3 is 0 Å². The van der Waals surface area contributed by atoms with Crippen molar-refractivity contribution in [1.29, 1.82) is 0 Å². The Kier molecular flexibility index (Phi) is 5.68. The van der Waals surface area contributed by atoms with Crippen molar-refractivity contribution in [2.24, 2.45) is 4.99 Å². The second-order valence-electron chi connectivity index (χ2n) is 7.17. The Balaban J connectivity index is 1.73. The minimum Gasteiger partial charge on any atom is -0.268 e. The molecule has 0 aromatic heterocycles. The highest BCUT2D eigenvalue weighted by Crippen LogP contribution is 2.37. The van der Waals surface area contributed by atoms with Crippen LogP contribution < -0.4 is 4.90 Å². The van der Waals surface area contributed by atoms with Crippen LogP contribution in [0.2, 0.25) is 0 Å². The number of anilines is 1. The minimum absolute atomic E-state index is 0.00968. The highest BCUT2D eigenvalue weighted by molar-refractivity contribution is 8.19. The molecule has 1 saturated heterocycles. The largest absolute Gasteiger partial charge is 0.271 e. The molecule has 0 aliphatic carbocycles. The number of amidine groups is 1. The van der Waals surface area contributed by atoms with Crippen LogP contribution in [0.1, 0.15) is 16.7 Å². The molecule has 1 fully saturated rings. The maximum absolute atomic E-state index is 13.3. The third-order valence-corrected chi connectivity index (χ3v) is 5.73. The molecule has 4 rings (SSSR count). The van der Waals surface area contributed by atoms with Gasteiger partial charge in [-0.25, -0.2) is 4.99 Å². The average Bonchev–Trinajstić information content (AvgIpc) is 3.05. The fourth-order valence-corrected chi connectivity index (χ4v) is 4.04. The maximum Gasteiger partial charge on any atom is 0.271 e. The summed E-state index contributed by atoms with van der Waals surface area (Å²) in [6, 6.07) is 21.6. The second-order valence-corrected chi connectivity index (χ2v) is 8.17. The van der Waals surface area contributed by atoms with Crippen LogP contribution in [0.15, 0.2) is 82.7 Å². The standard InChI is InChI=1S/C24H19N3O3S/c1-16-3-9-19(10-4-16)25-24-26(20-11-5-17(2)6-12-20)23(28)22(31-24)15-18-7-13-21(14-8-18)27(29)30/h3-15H,1-2H3/b22-15-,25-24?. The van der Waals surface area contributed by atoms with Gasteiger partial charge in [0.1, 0.15) is 0 Å². The van der Waals surface area contributed by atoms with Crippen molar-refractivity contribution in [2.75, 3.05) is 4.90 Å². The molecule has 0 unspecified atom stereocenters. The molecule has 0 N–H and O–H groups in total. The van der Waals surface area contributed by atoms with Gasteiger partial charge in [-0.2, -0.15) is 0 Å². The molecule has 0 atom stereocenters. The first-order valence-corrected chi connectivity index (χ1v) is 10.4. The Labute approximate surface area is 184 Å². The van der Waals surface area contributed by atoms with E-state index < -0.39 is 4.92 Å². The van der Waals surface area contributed by atoms with Crippen LogP contribution in [0.4, 0.5) is 17.1 Å². The molecule has 0 radical (unpaired) electrons. The van der Waals surface area contributed by atoms with E-state index in [9.17, 15) is 14.9 Å². The van der Waals surface area contributed by atoms with Gasteiger partial charge >= 0.3 is 0 Å². The van der Waals surface area contributed by atoms with Gasteiger partial charge in [0.05, 0.1) is 21.2 Å². The van der Waals surface area contributed by atoms with Crippen molar-refractivity contribution in [2.45, 2.75) is 13.8 Å². The van der Waals surface area contributed by atoms with E-state index in [4.69, 9.17) is 4.99 Å². The van der Waals surface area contributed by atoms with Crippen LogP contribution in [0.25, 0.3) is 6.08 Å². The fourth-order valence-electron chi connectivity index (χ4n) is 3.04. The summed E-state index contributed by atoms with van der Waals surface area (Å²) < 4.78 is 0. The normalized spacial score (nSPS) is 16.3. The molecule has 1 aliphatic rings. The van der Waals surface area contributed by atoms with Crippen LogP contribution in [0, 0.1) is 24.0 Å². The number of hydrogen-bond donors (Lipinski definition) is 0. The first-order valence-electron chi connectivity index (χ1n) is 9.61. The van der Waals surface area contributed by atoms with Gasteiger partial charge in [-0.1, -0.05) is 35.4 Å². The van der Waals surface area contributed by atoms with E-state index >= 15 is 0 Å². The lowest BCUT2D eigenvalue weighted by Gasteiger charge is -2.16. The zero-order chi connectivity index (χ0) is 22.0. The molecule has 1 aliphatic heterocycles. The average molecular weight is 430 g/mol. The van der Waals surface area contributed by atoms with E-state index in [1.165, 1.54) is 23.9 Å². The Morgan fingerprint density at radius 2 is 1.48 bits per heavy atom. The molecule has 1 heterocycles. The SMILES string of the molecule is Cc1ccc(N=C2S/C(=C\c3ccc([N+](=O)[O-])cc3)C(=O)N2c2ccc(C)cc2)cc1. The van der Waals surface area contributed by atoms with Gasteiger partial charge in [0.25, 0.3) is 11.6 Å². The van der Waals surface area contributed by atoms with Crippen molar-refractivity contribution >= 4 is 46.0 Å².